The van der Waals surface area contributed by atoms with Gasteiger partial charge in [0, 0.05) is 37.2 Å². The van der Waals surface area contributed by atoms with E-state index in [0.29, 0.717) is 19.8 Å². The van der Waals surface area contributed by atoms with Crippen LogP contribution in [-0.2, 0) is 0 Å². The standard InChI is InChI=1S/C14H19BrN2O2S/c15-11-7-10(8-13-14(11)19-4-3-18-13)12(9-16)17-1-5-20-6-2-17/h7-8,12H,1-6,9,16H2. The molecule has 6 heteroatoms. The molecule has 1 saturated heterocycles. The highest BCUT2D eigenvalue weighted by molar-refractivity contribution is 9.10. The van der Waals surface area contributed by atoms with E-state index < -0.39 is 0 Å². The lowest BCUT2D eigenvalue weighted by Crippen LogP contribution is -2.39. The number of ether oxygens (including phenoxy) is 2. The maximum Gasteiger partial charge on any atom is 0.175 e. The van der Waals surface area contributed by atoms with E-state index >= 15 is 0 Å². The Bertz CT molecular complexity index is 480. The number of rotatable bonds is 3. The summed E-state index contributed by atoms with van der Waals surface area (Å²) in [6, 6.07) is 4.45. The van der Waals surface area contributed by atoms with Crippen molar-refractivity contribution in [1.82, 2.24) is 4.90 Å². The molecule has 0 aliphatic carbocycles. The van der Waals surface area contributed by atoms with Crippen molar-refractivity contribution in [3.63, 3.8) is 0 Å². The van der Waals surface area contributed by atoms with E-state index in [4.69, 9.17) is 15.2 Å². The summed E-state index contributed by atoms with van der Waals surface area (Å²) in [6.45, 7) is 4.03. The molecule has 1 atom stereocenters. The van der Waals surface area contributed by atoms with Crippen LogP contribution in [0.5, 0.6) is 11.5 Å². The summed E-state index contributed by atoms with van der Waals surface area (Å²) in [5.74, 6) is 4.00. The lowest BCUT2D eigenvalue weighted by Gasteiger charge is -2.34. The molecule has 1 fully saturated rings. The van der Waals surface area contributed by atoms with Crippen LogP contribution in [0.25, 0.3) is 0 Å². The summed E-state index contributed by atoms with van der Waals surface area (Å²) < 4.78 is 12.3. The van der Waals surface area contributed by atoms with Crippen molar-refractivity contribution in [2.75, 3.05) is 44.4 Å². The highest BCUT2D eigenvalue weighted by atomic mass is 79.9. The molecule has 2 aliphatic heterocycles. The molecule has 1 unspecified atom stereocenters. The van der Waals surface area contributed by atoms with E-state index in [0.717, 1.165) is 29.1 Å². The van der Waals surface area contributed by atoms with Gasteiger partial charge < -0.3 is 15.2 Å². The zero-order valence-electron chi connectivity index (χ0n) is 11.3. The van der Waals surface area contributed by atoms with E-state index in [1.165, 1.54) is 17.1 Å². The minimum Gasteiger partial charge on any atom is -0.486 e. The maximum atomic E-state index is 6.03. The summed E-state index contributed by atoms with van der Waals surface area (Å²) in [6.07, 6.45) is 0. The van der Waals surface area contributed by atoms with Gasteiger partial charge in [-0.05, 0) is 33.6 Å². The van der Waals surface area contributed by atoms with Gasteiger partial charge in [0.25, 0.3) is 0 Å². The first-order valence-electron chi connectivity index (χ1n) is 6.90. The van der Waals surface area contributed by atoms with Crippen LogP contribution in [0.15, 0.2) is 16.6 Å². The van der Waals surface area contributed by atoms with Crippen molar-refractivity contribution in [2.24, 2.45) is 5.73 Å². The molecule has 0 radical (unpaired) electrons. The Labute approximate surface area is 132 Å². The molecule has 0 aromatic heterocycles. The first kappa shape index (κ1) is 14.5. The van der Waals surface area contributed by atoms with Gasteiger partial charge in [-0.2, -0.15) is 11.8 Å². The van der Waals surface area contributed by atoms with Gasteiger partial charge in [0.15, 0.2) is 11.5 Å². The van der Waals surface area contributed by atoms with Crippen molar-refractivity contribution < 1.29 is 9.47 Å². The van der Waals surface area contributed by atoms with E-state index in [9.17, 15) is 0 Å². The summed E-state index contributed by atoms with van der Waals surface area (Å²) in [4.78, 5) is 2.47. The van der Waals surface area contributed by atoms with Crippen LogP contribution < -0.4 is 15.2 Å². The van der Waals surface area contributed by atoms with Crippen molar-refractivity contribution >= 4 is 27.7 Å². The van der Waals surface area contributed by atoms with E-state index in [-0.39, 0.29) is 6.04 Å². The summed E-state index contributed by atoms with van der Waals surface area (Å²) >= 11 is 5.60. The van der Waals surface area contributed by atoms with Crippen LogP contribution in [-0.4, -0.2) is 49.3 Å². The molecular formula is C14H19BrN2O2S. The lowest BCUT2D eigenvalue weighted by atomic mass is 10.0. The lowest BCUT2D eigenvalue weighted by molar-refractivity contribution is 0.169. The Morgan fingerprint density at radius 3 is 2.75 bits per heavy atom. The molecule has 0 spiro atoms. The van der Waals surface area contributed by atoms with Crippen LogP contribution >= 0.6 is 27.7 Å². The van der Waals surface area contributed by atoms with E-state index in [1.807, 2.05) is 11.8 Å². The Morgan fingerprint density at radius 1 is 1.25 bits per heavy atom. The van der Waals surface area contributed by atoms with Gasteiger partial charge >= 0.3 is 0 Å². The molecule has 0 bridgehead atoms. The number of fused-ring (bicyclic) bond motifs is 1. The number of hydrogen-bond acceptors (Lipinski definition) is 5. The molecular weight excluding hydrogens is 340 g/mol. The Kier molecular flexibility index (Phi) is 4.75. The number of hydrogen-bond donors (Lipinski definition) is 1. The number of nitrogens with two attached hydrogens (primary N) is 1. The SMILES string of the molecule is NCC(c1cc(Br)c2c(c1)OCCO2)N1CCSCC1. The number of nitrogens with zero attached hydrogens (tertiary/aromatic N) is 1. The van der Waals surface area contributed by atoms with Crippen LogP contribution in [0, 0.1) is 0 Å². The number of benzene rings is 1. The van der Waals surface area contributed by atoms with Crippen LogP contribution in [0.4, 0.5) is 0 Å². The number of halogens is 1. The van der Waals surface area contributed by atoms with Crippen molar-refractivity contribution in [1.29, 1.82) is 0 Å². The monoisotopic (exact) mass is 358 g/mol. The predicted molar refractivity (Wildman–Crippen MR) is 85.8 cm³/mol. The Balaban J connectivity index is 1.89. The van der Waals surface area contributed by atoms with Crippen LogP contribution in [0.2, 0.25) is 0 Å². The normalized spacial score (nSPS) is 20.7. The highest BCUT2D eigenvalue weighted by Gasteiger charge is 2.24. The molecule has 2 N–H and O–H groups in total. The average Bonchev–Trinajstić information content (AvgIpc) is 2.49. The molecule has 110 valence electrons. The fourth-order valence-corrected chi connectivity index (χ4v) is 4.21. The van der Waals surface area contributed by atoms with Gasteiger partial charge in [0.05, 0.1) is 4.47 Å². The topological polar surface area (TPSA) is 47.7 Å². The third kappa shape index (κ3) is 2.93. The molecule has 20 heavy (non-hydrogen) atoms. The Hall–Kier alpha value is -0.430. The summed E-state index contributed by atoms with van der Waals surface area (Å²) in [5.41, 5.74) is 7.23. The summed E-state index contributed by atoms with van der Waals surface area (Å²) in [5, 5.41) is 0. The third-order valence-corrected chi connectivity index (χ3v) is 5.25. The smallest absolute Gasteiger partial charge is 0.175 e. The van der Waals surface area contributed by atoms with Gasteiger partial charge in [-0.1, -0.05) is 0 Å². The second-order valence-corrected chi connectivity index (χ2v) is 7.01. The van der Waals surface area contributed by atoms with E-state index in [1.54, 1.807) is 0 Å². The molecule has 1 aromatic carbocycles. The molecule has 2 aliphatic rings. The molecule has 1 aromatic rings. The molecule has 0 saturated carbocycles. The minimum atomic E-state index is 0.253. The zero-order valence-corrected chi connectivity index (χ0v) is 13.7. The van der Waals surface area contributed by atoms with Gasteiger partial charge in [-0.3, -0.25) is 4.90 Å². The van der Waals surface area contributed by atoms with Crippen LogP contribution in [0.1, 0.15) is 11.6 Å². The second-order valence-electron chi connectivity index (χ2n) is 4.93. The zero-order chi connectivity index (χ0) is 13.9. The summed E-state index contributed by atoms with van der Waals surface area (Å²) in [7, 11) is 0. The maximum absolute atomic E-state index is 6.03. The molecule has 3 rings (SSSR count). The molecule has 2 heterocycles. The molecule has 4 nitrogen and oxygen atoms in total. The van der Waals surface area contributed by atoms with Gasteiger partial charge in [-0.15, -0.1) is 0 Å². The quantitative estimate of drug-likeness (QED) is 0.897. The van der Waals surface area contributed by atoms with Crippen molar-refractivity contribution in [2.45, 2.75) is 6.04 Å². The molecule has 0 amide bonds. The van der Waals surface area contributed by atoms with Crippen molar-refractivity contribution in [3.8, 4) is 11.5 Å². The van der Waals surface area contributed by atoms with Gasteiger partial charge in [-0.25, -0.2) is 0 Å². The number of thioether (sulfide) groups is 1. The second kappa shape index (κ2) is 6.56. The highest BCUT2D eigenvalue weighted by Crippen LogP contribution is 2.40. The minimum absolute atomic E-state index is 0.253. The van der Waals surface area contributed by atoms with Crippen molar-refractivity contribution in [3.05, 3.63) is 22.2 Å². The average molecular weight is 359 g/mol. The fourth-order valence-electron chi connectivity index (χ4n) is 2.71. The predicted octanol–water partition coefficient (Wildman–Crippen LogP) is 2.27. The van der Waals surface area contributed by atoms with E-state index in [2.05, 4.69) is 33.0 Å². The largest absolute Gasteiger partial charge is 0.486 e. The fraction of sp³-hybridized carbons (Fsp3) is 0.571. The van der Waals surface area contributed by atoms with Crippen LogP contribution in [0.3, 0.4) is 0 Å². The first-order valence-corrected chi connectivity index (χ1v) is 8.85. The first-order chi connectivity index (χ1) is 9.79. The van der Waals surface area contributed by atoms with Gasteiger partial charge in [0.2, 0.25) is 0 Å². The third-order valence-electron chi connectivity index (χ3n) is 3.71. The van der Waals surface area contributed by atoms with Gasteiger partial charge in [0.1, 0.15) is 13.2 Å². The Morgan fingerprint density at radius 2 is 2.00 bits per heavy atom.